The Balaban J connectivity index is 1.37. The summed E-state index contributed by atoms with van der Waals surface area (Å²) in [4.78, 5) is 11.3. The number of unbranched alkanes of at least 4 members (excludes halogenated alkanes) is 8. The maximum atomic E-state index is 11.3. The van der Waals surface area contributed by atoms with E-state index in [2.05, 4.69) is 17.2 Å². The summed E-state index contributed by atoms with van der Waals surface area (Å²) >= 11 is 0. The van der Waals surface area contributed by atoms with Crippen molar-refractivity contribution < 1.29 is 9.15 Å². The van der Waals surface area contributed by atoms with Gasteiger partial charge in [0, 0.05) is 11.5 Å². The molecule has 0 aliphatic carbocycles. The maximum Gasteiger partial charge on any atom is 0.336 e. The van der Waals surface area contributed by atoms with Crippen LogP contribution in [0.2, 0.25) is 0 Å². The highest BCUT2D eigenvalue weighted by Crippen LogP contribution is 2.24. The van der Waals surface area contributed by atoms with Crippen molar-refractivity contribution in [1.29, 1.82) is 0 Å². The van der Waals surface area contributed by atoms with Crippen LogP contribution in [0.1, 0.15) is 64.7 Å². The quantitative estimate of drug-likeness (QED) is 0.159. The molecule has 0 fully saturated rings. The zero-order valence-corrected chi connectivity index (χ0v) is 18.4. The molecule has 0 N–H and O–H groups in total. The fraction of sp³-hybridized carbons (Fsp3) is 0.423. The van der Waals surface area contributed by atoms with Gasteiger partial charge in [0.05, 0.1) is 18.0 Å². The van der Waals surface area contributed by atoms with Gasteiger partial charge >= 0.3 is 5.63 Å². The van der Waals surface area contributed by atoms with Crippen LogP contribution in [0.5, 0.6) is 5.75 Å². The maximum absolute atomic E-state index is 11.3. The van der Waals surface area contributed by atoms with Crippen molar-refractivity contribution in [2.45, 2.75) is 64.7 Å². The summed E-state index contributed by atoms with van der Waals surface area (Å²) in [6.07, 6.45) is 11.8. The van der Waals surface area contributed by atoms with Gasteiger partial charge in [0.2, 0.25) is 0 Å². The topological polar surface area (TPSA) is 64.2 Å². The van der Waals surface area contributed by atoms with Gasteiger partial charge in [-0.05, 0) is 55.0 Å². The molecule has 0 spiro atoms. The van der Waals surface area contributed by atoms with Crippen molar-refractivity contribution in [3.8, 4) is 5.75 Å². The predicted molar refractivity (Wildman–Crippen MR) is 126 cm³/mol. The van der Waals surface area contributed by atoms with E-state index in [1.807, 2.05) is 30.3 Å². The van der Waals surface area contributed by atoms with Gasteiger partial charge in [0.25, 0.3) is 0 Å². The van der Waals surface area contributed by atoms with Crippen LogP contribution in [0.4, 0.5) is 11.4 Å². The molecule has 1 aromatic heterocycles. The third-order valence-corrected chi connectivity index (χ3v) is 5.24. The van der Waals surface area contributed by atoms with Crippen molar-refractivity contribution in [3.63, 3.8) is 0 Å². The van der Waals surface area contributed by atoms with Crippen molar-refractivity contribution >= 4 is 22.3 Å². The molecule has 0 bridgehead atoms. The van der Waals surface area contributed by atoms with Gasteiger partial charge in [-0.15, -0.1) is 0 Å². The monoisotopic (exact) mass is 420 g/mol. The summed E-state index contributed by atoms with van der Waals surface area (Å²) < 4.78 is 11.0. The number of hydrogen-bond acceptors (Lipinski definition) is 5. The molecular weight excluding hydrogens is 388 g/mol. The van der Waals surface area contributed by atoms with Gasteiger partial charge in [-0.1, -0.05) is 58.3 Å². The minimum absolute atomic E-state index is 0.359. The zero-order valence-electron chi connectivity index (χ0n) is 18.4. The summed E-state index contributed by atoms with van der Waals surface area (Å²) in [5, 5.41) is 9.36. The number of rotatable bonds is 13. The largest absolute Gasteiger partial charge is 0.494 e. The van der Waals surface area contributed by atoms with Crippen LogP contribution in [-0.2, 0) is 0 Å². The highest BCUT2D eigenvalue weighted by molar-refractivity contribution is 5.79. The fourth-order valence-corrected chi connectivity index (χ4v) is 3.45. The van der Waals surface area contributed by atoms with Crippen LogP contribution in [0.25, 0.3) is 11.0 Å². The Morgan fingerprint density at radius 1 is 0.742 bits per heavy atom. The Morgan fingerprint density at radius 3 is 2.13 bits per heavy atom. The molecule has 0 saturated heterocycles. The zero-order chi connectivity index (χ0) is 21.7. The van der Waals surface area contributed by atoms with E-state index in [4.69, 9.17) is 9.15 Å². The van der Waals surface area contributed by atoms with E-state index < -0.39 is 0 Å². The predicted octanol–water partition coefficient (Wildman–Crippen LogP) is 8.12. The van der Waals surface area contributed by atoms with E-state index >= 15 is 0 Å². The van der Waals surface area contributed by atoms with Crippen molar-refractivity contribution in [2.24, 2.45) is 10.2 Å². The van der Waals surface area contributed by atoms with E-state index in [1.165, 1.54) is 57.4 Å². The minimum Gasteiger partial charge on any atom is -0.494 e. The van der Waals surface area contributed by atoms with Gasteiger partial charge in [-0.2, -0.15) is 10.2 Å². The smallest absolute Gasteiger partial charge is 0.336 e. The third-order valence-electron chi connectivity index (χ3n) is 5.24. The Labute approximate surface area is 184 Å². The molecule has 2 aromatic carbocycles. The van der Waals surface area contributed by atoms with E-state index in [-0.39, 0.29) is 5.63 Å². The number of nitrogens with zero attached hydrogens (tertiary/aromatic N) is 2. The van der Waals surface area contributed by atoms with Gasteiger partial charge in [-0.3, -0.25) is 0 Å². The lowest BCUT2D eigenvalue weighted by Crippen LogP contribution is -1.96. The molecule has 0 radical (unpaired) electrons. The molecule has 5 heteroatoms. The highest BCUT2D eigenvalue weighted by Gasteiger charge is 2.00. The second kappa shape index (κ2) is 12.7. The first-order chi connectivity index (χ1) is 15.2. The van der Waals surface area contributed by atoms with Crippen LogP contribution in [0.15, 0.2) is 74.0 Å². The first-order valence-electron chi connectivity index (χ1n) is 11.4. The van der Waals surface area contributed by atoms with Crippen molar-refractivity contribution in [1.82, 2.24) is 0 Å². The molecular formula is C26H32N2O3. The summed E-state index contributed by atoms with van der Waals surface area (Å²) in [5.41, 5.74) is 1.64. The van der Waals surface area contributed by atoms with E-state index in [0.717, 1.165) is 29.9 Å². The van der Waals surface area contributed by atoms with Gasteiger partial charge < -0.3 is 9.15 Å². The minimum atomic E-state index is -0.359. The highest BCUT2D eigenvalue weighted by atomic mass is 16.5. The van der Waals surface area contributed by atoms with Gasteiger partial charge in [-0.25, -0.2) is 4.79 Å². The number of benzene rings is 2. The van der Waals surface area contributed by atoms with E-state index in [1.54, 1.807) is 18.2 Å². The molecule has 1 heterocycles. The second-order valence-corrected chi connectivity index (χ2v) is 7.85. The summed E-state index contributed by atoms with van der Waals surface area (Å²) in [6.45, 7) is 3.01. The van der Waals surface area contributed by atoms with Crippen molar-refractivity contribution in [2.75, 3.05) is 6.61 Å². The summed E-state index contributed by atoms with van der Waals surface area (Å²) in [5.74, 6) is 0.860. The van der Waals surface area contributed by atoms with Gasteiger partial charge in [0.1, 0.15) is 11.3 Å². The molecule has 3 aromatic rings. The first-order valence-corrected chi connectivity index (χ1v) is 11.4. The second-order valence-electron chi connectivity index (χ2n) is 7.85. The van der Waals surface area contributed by atoms with Crippen LogP contribution >= 0.6 is 0 Å². The third kappa shape index (κ3) is 8.00. The SMILES string of the molecule is CCCCCCCCCCCOc1ccc(N=Nc2ccc3oc(=O)ccc3c2)cc1. The number of fused-ring (bicyclic) bond motifs is 1. The Hall–Kier alpha value is -2.95. The number of hydrogen-bond donors (Lipinski definition) is 0. The average molecular weight is 421 g/mol. The molecule has 31 heavy (non-hydrogen) atoms. The lowest BCUT2D eigenvalue weighted by Gasteiger charge is -2.06. The number of ether oxygens (including phenoxy) is 1. The lowest BCUT2D eigenvalue weighted by molar-refractivity contribution is 0.304. The van der Waals surface area contributed by atoms with Crippen LogP contribution in [0, 0.1) is 0 Å². The molecule has 164 valence electrons. The van der Waals surface area contributed by atoms with Gasteiger partial charge in [0.15, 0.2) is 0 Å². The molecule has 0 unspecified atom stereocenters. The molecule has 0 atom stereocenters. The van der Waals surface area contributed by atoms with E-state index in [0.29, 0.717) is 11.3 Å². The Kier molecular flexibility index (Phi) is 9.30. The Bertz CT molecular complexity index is 1010. The number of azo groups is 1. The molecule has 5 nitrogen and oxygen atoms in total. The lowest BCUT2D eigenvalue weighted by atomic mass is 10.1. The summed E-state index contributed by atoms with van der Waals surface area (Å²) in [6, 6.07) is 16.1. The molecule has 0 aliphatic rings. The fourth-order valence-electron chi connectivity index (χ4n) is 3.45. The Morgan fingerprint density at radius 2 is 1.39 bits per heavy atom. The molecule has 3 rings (SSSR count). The summed E-state index contributed by atoms with van der Waals surface area (Å²) in [7, 11) is 0. The average Bonchev–Trinajstić information content (AvgIpc) is 2.79. The van der Waals surface area contributed by atoms with E-state index in [9.17, 15) is 4.79 Å². The van der Waals surface area contributed by atoms with Crippen LogP contribution in [0.3, 0.4) is 0 Å². The normalized spacial score (nSPS) is 11.4. The van der Waals surface area contributed by atoms with Crippen LogP contribution < -0.4 is 10.4 Å². The molecule has 0 aliphatic heterocycles. The molecule has 0 saturated carbocycles. The first kappa shape index (κ1) is 22.7. The van der Waals surface area contributed by atoms with Crippen molar-refractivity contribution in [3.05, 3.63) is 65.0 Å². The van der Waals surface area contributed by atoms with Crippen LogP contribution in [-0.4, -0.2) is 6.61 Å². The molecule has 0 amide bonds. The standard InChI is InChI=1S/C26H32N2O3/c1-2-3-4-5-6-7-8-9-10-19-30-24-15-12-22(13-16-24)27-28-23-14-17-25-21(20-23)11-18-26(29)31-25/h11-18,20H,2-10,19H2,1H3.